The standard InChI is InChI=1S/C19H26N2OS/c1-13-12-21(17(23-13)20-16(22)19(5,6)7)15-10-8-14(9-11-15)18(2,3)4/h8-12H,1-7H3. The molecule has 3 nitrogen and oxygen atoms in total. The normalized spacial score (nSPS) is 13.4. The molecule has 1 amide bonds. The molecule has 0 saturated heterocycles. The minimum absolute atomic E-state index is 0.0978. The number of aromatic nitrogens is 1. The van der Waals surface area contributed by atoms with E-state index in [1.54, 1.807) is 0 Å². The van der Waals surface area contributed by atoms with Crippen molar-refractivity contribution in [2.24, 2.45) is 10.4 Å². The van der Waals surface area contributed by atoms with Crippen LogP contribution in [0.3, 0.4) is 0 Å². The van der Waals surface area contributed by atoms with Crippen molar-refractivity contribution in [1.29, 1.82) is 0 Å². The number of thiazole rings is 1. The van der Waals surface area contributed by atoms with E-state index >= 15 is 0 Å². The Morgan fingerprint density at radius 2 is 1.61 bits per heavy atom. The van der Waals surface area contributed by atoms with Crippen molar-refractivity contribution in [2.45, 2.75) is 53.9 Å². The van der Waals surface area contributed by atoms with Gasteiger partial charge in [-0.2, -0.15) is 4.99 Å². The first-order valence-corrected chi connectivity index (χ1v) is 8.69. The van der Waals surface area contributed by atoms with Crippen LogP contribution in [-0.2, 0) is 10.2 Å². The molecule has 0 aliphatic rings. The molecule has 0 fully saturated rings. The van der Waals surface area contributed by atoms with Gasteiger partial charge in [-0.05, 0) is 30.0 Å². The van der Waals surface area contributed by atoms with E-state index in [0.717, 1.165) is 15.4 Å². The van der Waals surface area contributed by atoms with Crippen LogP contribution in [0.15, 0.2) is 35.5 Å². The van der Waals surface area contributed by atoms with E-state index in [2.05, 4.69) is 50.0 Å². The number of nitrogens with zero attached hydrogens (tertiary/aromatic N) is 2. The Kier molecular flexibility index (Phi) is 4.67. The minimum Gasteiger partial charge on any atom is -0.292 e. The largest absolute Gasteiger partial charge is 0.292 e. The topological polar surface area (TPSA) is 34.4 Å². The molecule has 0 bridgehead atoms. The lowest BCUT2D eigenvalue weighted by Gasteiger charge is -2.19. The Labute approximate surface area is 142 Å². The first-order chi connectivity index (χ1) is 10.5. The van der Waals surface area contributed by atoms with Crippen molar-refractivity contribution < 1.29 is 4.79 Å². The zero-order valence-electron chi connectivity index (χ0n) is 15.1. The van der Waals surface area contributed by atoms with E-state index in [9.17, 15) is 4.79 Å². The molecule has 0 N–H and O–H groups in total. The summed E-state index contributed by atoms with van der Waals surface area (Å²) in [5.41, 5.74) is 1.98. The smallest absolute Gasteiger partial charge is 0.253 e. The van der Waals surface area contributed by atoms with Gasteiger partial charge in [0.05, 0.1) is 0 Å². The Bertz CT molecular complexity index is 765. The lowest BCUT2D eigenvalue weighted by atomic mass is 9.87. The Hall–Kier alpha value is -1.68. The van der Waals surface area contributed by atoms with Crippen molar-refractivity contribution in [1.82, 2.24) is 4.57 Å². The number of amides is 1. The van der Waals surface area contributed by atoms with Gasteiger partial charge in [0.2, 0.25) is 0 Å². The number of aryl methyl sites for hydroxylation is 1. The molecular formula is C19H26N2OS. The summed E-state index contributed by atoms with van der Waals surface area (Å²) < 4.78 is 2.00. The second-order valence-corrected chi connectivity index (χ2v) is 9.17. The van der Waals surface area contributed by atoms with Gasteiger partial charge in [0.25, 0.3) is 5.91 Å². The third-order valence-electron chi connectivity index (χ3n) is 3.62. The van der Waals surface area contributed by atoms with Crippen LogP contribution in [0.2, 0.25) is 0 Å². The van der Waals surface area contributed by atoms with Gasteiger partial charge in [-0.25, -0.2) is 0 Å². The van der Waals surface area contributed by atoms with Crippen LogP contribution in [-0.4, -0.2) is 10.5 Å². The van der Waals surface area contributed by atoms with Gasteiger partial charge >= 0.3 is 0 Å². The zero-order chi connectivity index (χ0) is 17.4. The maximum absolute atomic E-state index is 12.2. The fourth-order valence-corrected chi connectivity index (χ4v) is 2.93. The molecule has 23 heavy (non-hydrogen) atoms. The summed E-state index contributed by atoms with van der Waals surface area (Å²) in [6, 6.07) is 8.47. The maximum atomic E-state index is 12.2. The third-order valence-corrected chi connectivity index (χ3v) is 4.52. The van der Waals surface area contributed by atoms with Crippen LogP contribution < -0.4 is 4.80 Å². The fourth-order valence-electron chi connectivity index (χ4n) is 2.09. The Balaban J connectivity index is 2.49. The van der Waals surface area contributed by atoms with E-state index in [1.807, 2.05) is 38.5 Å². The number of carbonyl (C=O) groups excluding carboxylic acids is 1. The van der Waals surface area contributed by atoms with E-state index < -0.39 is 5.41 Å². The third kappa shape index (κ3) is 4.20. The number of hydrogen-bond donors (Lipinski definition) is 0. The number of rotatable bonds is 1. The second kappa shape index (κ2) is 6.08. The molecule has 0 atom stereocenters. The summed E-state index contributed by atoms with van der Waals surface area (Å²) in [5, 5.41) is 0. The monoisotopic (exact) mass is 330 g/mol. The Morgan fingerprint density at radius 1 is 1.04 bits per heavy atom. The molecule has 2 rings (SSSR count). The highest BCUT2D eigenvalue weighted by molar-refractivity contribution is 7.09. The van der Waals surface area contributed by atoms with Crippen molar-refractivity contribution in [3.63, 3.8) is 0 Å². The molecule has 0 radical (unpaired) electrons. The van der Waals surface area contributed by atoms with Gasteiger partial charge in [0.1, 0.15) is 0 Å². The molecule has 4 heteroatoms. The first-order valence-electron chi connectivity index (χ1n) is 7.88. The van der Waals surface area contributed by atoms with Crippen molar-refractivity contribution in [2.75, 3.05) is 0 Å². The fraction of sp³-hybridized carbons (Fsp3) is 0.474. The summed E-state index contributed by atoms with van der Waals surface area (Å²) in [7, 11) is 0. The molecular weight excluding hydrogens is 304 g/mol. The van der Waals surface area contributed by atoms with Crippen LogP contribution in [0.25, 0.3) is 5.69 Å². The molecule has 2 aromatic rings. The lowest BCUT2D eigenvalue weighted by molar-refractivity contribution is -0.125. The molecule has 1 aromatic heterocycles. The summed E-state index contributed by atoms with van der Waals surface area (Å²) in [6.07, 6.45) is 2.03. The molecule has 1 aromatic carbocycles. The first kappa shape index (κ1) is 17.7. The number of benzene rings is 1. The zero-order valence-corrected chi connectivity index (χ0v) is 15.9. The minimum atomic E-state index is -0.466. The molecule has 0 unspecified atom stereocenters. The molecule has 124 valence electrons. The molecule has 0 spiro atoms. The maximum Gasteiger partial charge on any atom is 0.253 e. The van der Waals surface area contributed by atoms with Gasteiger partial charge in [0, 0.05) is 22.2 Å². The van der Waals surface area contributed by atoms with Crippen molar-refractivity contribution >= 4 is 17.2 Å². The van der Waals surface area contributed by atoms with Crippen LogP contribution in [0.4, 0.5) is 0 Å². The van der Waals surface area contributed by atoms with E-state index in [1.165, 1.54) is 16.9 Å². The predicted octanol–water partition coefficient (Wildman–Crippen LogP) is 4.62. The highest BCUT2D eigenvalue weighted by Gasteiger charge is 2.21. The van der Waals surface area contributed by atoms with Gasteiger partial charge in [-0.15, -0.1) is 11.3 Å². The average Bonchev–Trinajstić information content (AvgIpc) is 2.77. The summed E-state index contributed by atoms with van der Waals surface area (Å²) in [5.74, 6) is -0.0978. The van der Waals surface area contributed by atoms with Gasteiger partial charge in [-0.1, -0.05) is 53.7 Å². The van der Waals surface area contributed by atoms with Crippen molar-refractivity contribution in [3.05, 3.63) is 45.7 Å². The molecule has 0 aliphatic carbocycles. The number of carbonyl (C=O) groups is 1. The molecule has 0 saturated carbocycles. The van der Waals surface area contributed by atoms with Crippen molar-refractivity contribution in [3.8, 4) is 5.69 Å². The van der Waals surface area contributed by atoms with Crippen LogP contribution in [0, 0.1) is 12.3 Å². The van der Waals surface area contributed by atoms with Crippen LogP contribution in [0.1, 0.15) is 52.0 Å². The molecule has 0 aliphatic heterocycles. The van der Waals surface area contributed by atoms with Gasteiger partial charge < -0.3 is 0 Å². The second-order valence-electron chi connectivity index (χ2n) is 7.96. The highest BCUT2D eigenvalue weighted by atomic mass is 32.1. The van der Waals surface area contributed by atoms with E-state index in [-0.39, 0.29) is 11.3 Å². The number of hydrogen-bond acceptors (Lipinski definition) is 2. The van der Waals surface area contributed by atoms with Gasteiger partial charge in [0.15, 0.2) is 4.80 Å². The highest BCUT2D eigenvalue weighted by Crippen LogP contribution is 2.23. The summed E-state index contributed by atoms with van der Waals surface area (Å²) >= 11 is 1.54. The molecule has 1 heterocycles. The predicted molar refractivity (Wildman–Crippen MR) is 97.1 cm³/mol. The van der Waals surface area contributed by atoms with E-state index in [0.29, 0.717) is 0 Å². The van der Waals surface area contributed by atoms with E-state index in [4.69, 9.17) is 0 Å². The quantitative estimate of drug-likeness (QED) is 0.751. The van der Waals surface area contributed by atoms with Crippen LogP contribution in [0.5, 0.6) is 0 Å². The Morgan fingerprint density at radius 3 is 2.09 bits per heavy atom. The summed E-state index contributed by atoms with van der Waals surface area (Å²) in [6.45, 7) is 14.3. The van der Waals surface area contributed by atoms with Crippen LogP contribution >= 0.6 is 11.3 Å². The lowest BCUT2D eigenvalue weighted by Crippen LogP contribution is -2.23. The summed E-state index contributed by atoms with van der Waals surface area (Å²) in [4.78, 5) is 18.4. The van der Waals surface area contributed by atoms with Gasteiger partial charge in [-0.3, -0.25) is 9.36 Å². The average molecular weight is 330 g/mol. The SMILES string of the molecule is Cc1cn(-c2ccc(C(C)(C)C)cc2)c(=NC(=O)C(C)(C)C)s1.